The highest BCUT2D eigenvalue weighted by atomic mass is 32.2. The predicted octanol–water partition coefficient (Wildman–Crippen LogP) is 2.24. The van der Waals surface area contributed by atoms with E-state index in [4.69, 9.17) is 0 Å². The van der Waals surface area contributed by atoms with Gasteiger partial charge in [-0.3, -0.25) is 4.99 Å². The molecule has 25 heavy (non-hydrogen) atoms. The molecule has 0 heterocycles. The summed E-state index contributed by atoms with van der Waals surface area (Å²) in [6.45, 7) is 2.34. The monoisotopic (exact) mass is 379 g/mol. The van der Waals surface area contributed by atoms with Crippen LogP contribution >= 0.6 is 0 Å². The number of sulfone groups is 1. The smallest absolute Gasteiger partial charge is 0.356 e. The Kier molecular flexibility index (Phi) is 7.72. The van der Waals surface area contributed by atoms with E-state index in [1.807, 2.05) is 6.92 Å². The molecule has 0 spiro atoms. The van der Waals surface area contributed by atoms with E-state index in [2.05, 4.69) is 15.6 Å². The summed E-state index contributed by atoms with van der Waals surface area (Å²) < 4.78 is 59.8. The second-order valence-corrected chi connectivity index (χ2v) is 8.17. The van der Waals surface area contributed by atoms with Crippen LogP contribution in [0.25, 0.3) is 0 Å². The lowest BCUT2D eigenvalue weighted by atomic mass is 10.1. The first-order valence-corrected chi connectivity index (χ1v) is 9.88. The highest BCUT2D eigenvalue weighted by molar-refractivity contribution is 7.90. The van der Waals surface area contributed by atoms with Crippen molar-refractivity contribution in [3.05, 3.63) is 35.4 Å². The zero-order valence-electron chi connectivity index (χ0n) is 14.5. The van der Waals surface area contributed by atoms with Crippen molar-refractivity contribution >= 4 is 15.8 Å². The fourth-order valence-corrected chi connectivity index (χ4v) is 2.86. The summed E-state index contributed by atoms with van der Waals surface area (Å²) in [5.41, 5.74) is 0.113. The van der Waals surface area contributed by atoms with Gasteiger partial charge in [0.15, 0.2) is 5.96 Å². The molecule has 0 aromatic heterocycles. The quantitative estimate of drug-likeness (QED) is 0.563. The van der Waals surface area contributed by atoms with Crippen LogP contribution < -0.4 is 10.6 Å². The number of hydrogen-bond donors (Lipinski definition) is 2. The molecule has 1 rings (SSSR count). The van der Waals surface area contributed by atoms with Gasteiger partial charge in [0.1, 0.15) is 9.84 Å². The maximum atomic E-state index is 12.5. The number of guanidine groups is 1. The third-order valence-electron chi connectivity index (χ3n) is 3.52. The highest BCUT2D eigenvalue weighted by Gasteiger charge is 2.29. The molecule has 1 atom stereocenters. The van der Waals surface area contributed by atoms with Gasteiger partial charge in [-0.1, -0.05) is 12.1 Å². The van der Waals surface area contributed by atoms with Gasteiger partial charge in [0.05, 0.1) is 11.3 Å². The summed E-state index contributed by atoms with van der Waals surface area (Å²) in [5.74, 6) is 0.608. The van der Waals surface area contributed by atoms with Crippen LogP contribution in [0.2, 0.25) is 0 Å². The Morgan fingerprint density at radius 2 is 1.84 bits per heavy atom. The van der Waals surface area contributed by atoms with Crippen LogP contribution in [0.1, 0.15) is 24.5 Å². The lowest BCUT2D eigenvalue weighted by molar-refractivity contribution is -0.137. The molecule has 0 amide bonds. The molecule has 0 aliphatic carbocycles. The Morgan fingerprint density at radius 3 is 2.32 bits per heavy atom. The minimum absolute atomic E-state index is 0.0769. The number of aliphatic imine (C=N–C) groups is 1. The van der Waals surface area contributed by atoms with Gasteiger partial charge >= 0.3 is 6.18 Å². The van der Waals surface area contributed by atoms with Gasteiger partial charge < -0.3 is 10.6 Å². The molecular weight excluding hydrogens is 355 g/mol. The topological polar surface area (TPSA) is 70.6 Å². The van der Waals surface area contributed by atoms with Crippen LogP contribution in [0.3, 0.4) is 0 Å². The third-order valence-corrected chi connectivity index (χ3v) is 4.49. The van der Waals surface area contributed by atoms with Crippen LogP contribution in [0, 0.1) is 0 Å². The van der Waals surface area contributed by atoms with Gasteiger partial charge in [0, 0.05) is 25.9 Å². The average molecular weight is 379 g/mol. The average Bonchev–Trinajstić information content (AvgIpc) is 2.51. The zero-order valence-corrected chi connectivity index (χ0v) is 15.3. The summed E-state index contributed by atoms with van der Waals surface area (Å²) in [6.07, 6.45) is -2.14. The van der Waals surface area contributed by atoms with E-state index in [1.165, 1.54) is 18.4 Å². The van der Waals surface area contributed by atoms with E-state index in [9.17, 15) is 21.6 Å². The van der Waals surface area contributed by atoms with Crippen LogP contribution in [0.15, 0.2) is 29.3 Å². The molecule has 1 aromatic rings. The number of rotatable bonds is 7. The number of halogens is 3. The van der Waals surface area contributed by atoms with Crippen LogP contribution in [0.4, 0.5) is 13.2 Å². The normalized spacial score (nSPS) is 14.2. The molecule has 0 saturated carbocycles. The SMILES string of the molecule is CN=C(NCCc1ccc(C(F)(F)F)cc1)NC(C)CCS(C)(=O)=O. The largest absolute Gasteiger partial charge is 0.416 e. The van der Waals surface area contributed by atoms with E-state index in [0.717, 1.165) is 17.7 Å². The van der Waals surface area contributed by atoms with Crippen LogP contribution in [-0.2, 0) is 22.4 Å². The number of benzene rings is 1. The fraction of sp³-hybridized carbons (Fsp3) is 0.562. The Labute approximate surface area is 146 Å². The van der Waals surface area contributed by atoms with Crippen molar-refractivity contribution < 1.29 is 21.6 Å². The molecule has 9 heteroatoms. The van der Waals surface area contributed by atoms with Crippen LogP contribution in [0.5, 0.6) is 0 Å². The number of nitrogens with zero attached hydrogens (tertiary/aromatic N) is 1. The molecule has 0 aliphatic heterocycles. The molecule has 142 valence electrons. The van der Waals surface area contributed by atoms with Gasteiger partial charge in [-0.15, -0.1) is 0 Å². The van der Waals surface area contributed by atoms with E-state index in [1.54, 1.807) is 7.05 Å². The van der Waals surface area contributed by atoms with Crippen molar-refractivity contribution in [2.24, 2.45) is 4.99 Å². The second kappa shape index (κ2) is 9.07. The molecule has 0 radical (unpaired) electrons. The van der Waals surface area contributed by atoms with Gasteiger partial charge in [-0.25, -0.2) is 8.42 Å². The summed E-state index contributed by atoms with van der Waals surface area (Å²) in [5, 5.41) is 6.14. The maximum Gasteiger partial charge on any atom is 0.416 e. The molecular formula is C16H24F3N3O2S. The Hall–Kier alpha value is -1.77. The summed E-state index contributed by atoms with van der Waals surface area (Å²) >= 11 is 0. The first kappa shape index (κ1) is 21.3. The minimum Gasteiger partial charge on any atom is -0.356 e. The number of nitrogens with one attached hydrogen (secondary N) is 2. The Morgan fingerprint density at radius 1 is 1.24 bits per heavy atom. The van der Waals surface area contributed by atoms with Gasteiger partial charge in [-0.05, 0) is 37.5 Å². The molecule has 0 bridgehead atoms. The molecule has 5 nitrogen and oxygen atoms in total. The van der Waals surface area contributed by atoms with Crippen molar-refractivity contribution in [1.82, 2.24) is 10.6 Å². The van der Waals surface area contributed by atoms with Crippen molar-refractivity contribution in [1.29, 1.82) is 0 Å². The summed E-state index contributed by atoms with van der Waals surface area (Å²) in [7, 11) is -1.42. The lowest BCUT2D eigenvalue weighted by Crippen LogP contribution is -2.43. The zero-order chi connectivity index (χ0) is 19.1. The number of hydrogen-bond acceptors (Lipinski definition) is 3. The Balaban J connectivity index is 2.42. The highest BCUT2D eigenvalue weighted by Crippen LogP contribution is 2.29. The molecule has 1 unspecified atom stereocenters. The van der Waals surface area contributed by atoms with Crippen molar-refractivity contribution in [2.45, 2.75) is 32.0 Å². The standard InChI is InChI=1S/C16H24F3N3O2S/c1-12(9-11-25(3,23)24)22-15(20-2)21-10-8-13-4-6-14(7-5-13)16(17,18)19/h4-7,12H,8-11H2,1-3H3,(H2,20,21,22). The van der Waals surface area contributed by atoms with Gasteiger partial charge in [0.2, 0.25) is 0 Å². The number of alkyl halides is 3. The van der Waals surface area contributed by atoms with Gasteiger partial charge in [-0.2, -0.15) is 13.2 Å². The van der Waals surface area contributed by atoms with Gasteiger partial charge in [0.25, 0.3) is 0 Å². The predicted molar refractivity (Wildman–Crippen MR) is 93.4 cm³/mol. The maximum absolute atomic E-state index is 12.5. The summed E-state index contributed by atoms with van der Waals surface area (Å²) in [4.78, 5) is 4.05. The first-order valence-electron chi connectivity index (χ1n) is 7.82. The lowest BCUT2D eigenvalue weighted by Gasteiger charge is -2.17. The molecule has 1 aromatic carbocycles. The minimum atomic E-state index is -4.33. The molecule has 0 aliphatic rings. The Bertz CT molecular complexity index is 671. The van der Waals surface area contributed by atoms with Crippen molar-refractivity contribution in [2.75, 3.05) is 25.6 Å². The van der Waals surface area contributed by atoms with Crippen LogP contribution in [-0.4, -0.2) is 46.0 Å². The van der Waals surface area contributed by atoms with E-state index < -0.39 is 21.6 Å². The second-order valence-electron chi connectivity index (χ2n) is 5.91. The van der Waals surface area contributed by atoms with Crippen molar-refractivity contribution in [3.8, 4) is 0 Å². The van der Waals surface area contributed by atoms with Crippen molar-refractivity contribution in [3.63, 3.8) is 0 Å². The molecule has 2 N–H and O–H groups in total. The molecule has 0 saturated heterocycles. The van der Waals surface area contributed by atoms with E-state index in [0.29, 0.717) is 25.3 Å². The molecule has 0 fully saturated rings. The summed E-state index contributed by atoms with van der Waals surface area (Å²) in [6, 6.07) is 4.96. The van der Waals surface area contributed by atoms with E-state index >= 15 is 0 Å². The van der Waals surface area contributed by atoms with E-state index in [-0.39, 0.29) is 11.8 Å². The first-order chi connectivity index (χ1) is 11.5. The fourth-order valence-electron chi connectivity index (χ4n) is 2.08. The third kappa shape index (κ3) is 8.76.